The van der Waals surface area contributed by atoms with Crippen LogP contribution < -0.4 is 0 Å². The molecule has 0 saturated heterocycles. The van der Waals surface area contributed by atoms with E-state index < -0.39 is 23.4 Å². The minimum atomic E-state index is -1.32. The summed E-state index contributed by atoms with van der Waals surface area (Å²) in [5, 5.41) is 9.36. The van der Waals surface area contributed by atoms with Crippen molar-refractivity contribution in [2.24, 2.45) is 0 Å². The minimum Gasteiger partial charge on any atom is -0.478 e. The van der Waals surface area contributed by atoms with Crippen LogP contribution in [-0.4, -0.2) is 16.1 Å². The number of fused-ring (bicyclic) bond motifs is 1. The molecule has 3 aromatic rings. The van der Waals surface area contributed by atoms with Crippen molar-refractivity contribution in [3.8, 4) is 11.3 Å². The van der Waals surface area contributed by atoms with Gasteiger partial charge >= 0.3 is 5.97 Å². The molecule has 23 heavy (non-hydrogen) atoms. The second-order valence-corrected chi connectivity index (χ2v) is 5.21. The Morgan fingerprint density at radius 3 is 2.39 bits per heavy atom. The normalized spacial score (nSPS) is 11.0. The van der Waals surface area contributed by atoms with Crippen molar-refractivity contribution in [1.29, 1.82) is 0 Å². The van der Waals surface area contributed by atoms with E-state index in [-0.39, 0.29) is 32.7 Å². The van der Waals surface area contributed by atoms with Crippen LogP contribution in [-0.2, 0) is 0 Å². The predicted molar refractivity (Wildman–Crippen MR) is 79.0 cm³/mol. The van der Waals surface area contributed by atoms with Crippen molar-refractivity contribution < 1.29 is 23.1 Å². The molecule has 1 heterocycles. The molecule has 1 N–H and O–H groups in total. The molecule has 0 amide bonds. The first-order chi connectivity index (χ1) is 10.9. The van der Waals surface area contributed by atoms with E-state index in [1.165, 1.54) is 12.1 Å². The molecule has 0 unspecified atom stereocenters. The molecule has 3 nitrogen and oxygen atoms in total. The van der Waals surface area contributed by atoms with E-state index in [1.54, 1.807) is 0 Å². The maximum absolute atomic E-state index is 14.1. The third kappa shape index (κ3) is 2.73. The smallest absolute Gasteiger partial charge is 0.336 e. The van der Waals surface area contributed by atoms with Crippen LogP contribution in [0.15, 0.2) is 36.4 Å². The van der Waals surface area contributed by atoms with Crippen molar-refractivity contribution in [3.63, 3.8) is 0 Å². The Labute approximate surface area is 133 Å². The van der Waals surface area contributed by atoms with E-state index >= 15 is 0 Å². The topological polar surface area (TPSA) is 50.2 Å². The molecule has 116 valence electrons. The number of hydrogen-bond donors (Lipinski definition) is 1. The van der Waals surface area contributed by atoms with Crippen LogP contribution in [0, 0.1) is 17.5 Å². The van der Waals surface area contributed by atoms with Crippen LogP contribution in [0.25, 0.3) is 22.2 Å². The number of benzene rings is 2. The van der Waals surface area contributed by atoms with E-state index in [0.717, 1.165) is 24.3 Å². The highest BCUT2D eigenvalue weighted by Crippen LogP contribution is 2.29. The molecule has 2 aromatic carbocycles. The maximum atomic E-state index is 14.1. The number of pyridine rings is 1. The molecular formula is C16H7ClF3NO2. The predicted octanol–water partition coefficient (Wildman–Crippen LogP) is 4.67. The Balaban J connectivity index is 2.34. The van der Waals surface area contributed by atoms with Gasteiger partial charge in [-0.1, -0.05) is 11.6 Å². The summed E-state index contributed by atoms with van der Waals surface area (Å²) in [5.41, 5.74) is -0.317. The molecule has 0 aliphatic carbocycles. The summed E-state index contributed by atoms with van der Waals surface area (Å²) >= 11 is 5.74. The monoisotopic (exact) mass is 337 g/mol. The van der Waals surface area contributed by atoms with Crippen molar-refractivity contribution in [3.05, 3.63) is 64.4 Å². The third-order valence-corrected chi connectivity index (χ3v) is 3.50. The summed E-state index contributed by atoms with van der Waals surface area (Å²) in [7, 11) is 0. The van der Waals surface area contributed by atoms with Crippen LogP contribution >= 0.6 is 11.6 Å². The first-order valence-corrected chi connectivity index (χ1v) is 6.73. The molecule has 0 atom stereocenters. The molecule has 7 heteroatoms. The lowest BCUT2D eigenvalue weighted by molar-refractivity contribution is 0.0699. The number of aromatic carboxylic acids is 1. The second kappa shape index (κ2) is 5.55. The largest absolute Gasteiger partial charge is 0.478 e. The fourth-order valence-electron chi connectivity index (χ4n) is 2.23. The lowest BCUT2D eigenvalue weighted by Crippen LogP contribution is -2.02. The Hall–Kier alpha value is -2.60. The van der Waals surface area contributed by atoms with Crippen LogP contribution in [0.3, 0.4) is 0 Å². The number of aromatic nitrogens is 1. The summed E-state index contributed by atoms with van der Waals surface area (Å²) in [4.78, 5) is 15.4. The van der Waals surface area contributed by atoms with E-state index in [2.05, 4.69) is 4.98 Å². The van der Waals surface area contributed by atoms with Crippen LogP contribution in [0.4, 0.5) is 13.2 Å². The van der Waals surface area contributed by atoms with Gasteiger partial charge in [0.1, 0.15) is 5.52 Å². The first-order valence-electron chi connectivity index (χ1n) is 6.35. The lowest BCUT2D eigenvalue weighted by Gasteiger charge is -2.09. The highest BCUT2D eigenvalue weighted by atomic mass is 35.5. The zero-order valence-electron chi connectivity index (χ0n) is 11.3. The zero-order valence-corrected chi connectivity index (χ0v) is 12.0. The Morgan fingerprint density at radius 1 is 1.00 bits per heavy atom. The van der Waals surface area contributed by atoms with Crippen molar-refractivity contribution in [1.82, 2.24) is 4.98 Å². The van der Waals surface area contributed by atoms with Gasteiger partial charge < -0.3 is 5.11 Å². The summed E-state index contributed by atoms with van der Waals surface area (Å²) in [6, 6.07) is 6.42. The Kier molecular flexibility index (Phi) is 3.69. The molecule has 0 radical (unpaired) electrons. The maximum Gasteiger partial charge on any atom is 0.336 e. The molecule has 3 rings (SSSR count). The average Bonchev–Trinajstić information content (AvgIpc) is 2.49. The van der Waals surface area contributed by atoms with Gasteiger partial charge in [0.25, 0.3) is 0 Å². The van der Waals surface area contributed by atoms with Gasteiger partial charge in [-0.2, -0.15) is 0 Å². The van der Waals surface area contributed by atoms with Crippen molar-refractivity contribution in [2.45, 2.75) is 0 Å². The van der Waals surface area contributed by atoms with Gasteiger partial charge in [-0.25, -0.2) is 22.9 Å². The average molecular weight is 338 g/mol. The first kappa shape index (κ1) is 15.3. The van der Waals surface area contributed by atoms with Gasteiger partial charge in [0.2, 0.25) is 0 Å². The molecule has 0 saturated carbocycles. The fourth-order valence-corrected chi connectivity index (χ4v) is 2.44. The van der Waals surface area contributed by atoms with Gasteiger partial charge in [-0.05, 0) is 36.4 Å². The Bertz CT molecular complexity index is 960. The van der Waals surface area contributed by atoms with E-state index in [0.29, 0.717) is 0 Å². The van der Waals surface area contributed by atoms with Gasteiger partial charge in [0.15, 0.2) is 17.5 Å². The van der Waals surface area contributed by atoms with Crippen molar-refractivity contribution >= 4 is 28.5 Å². The van der Waals surface area contributed by atoms with Gasteiger partial charge in [-0.15, -0.1) is 0 Å². The summed E-state index contributed by atoms with van der Waals surface area (Å²) in [6.45, 7) is 0. The van der Waals surface area contributed by atoms with Gasteiger partial charge in [-0.3, -0.25) is 0 Å². The summed E-state index contributed by atoms with van der Waals surface area (Å²) in [6.07, 6.45) is 0. The summed E-state index contributed by atoms with van der Waals surface area (Å²) < 4.78 is 40.4. The molecule has 0 aliphatic heterocycles. The second-order valence-electron chi connectivity index (χ2n) is 4.77. The van der Waals surface area contributed by atoms with Crippen LogP contribution in [0.5, 0.6) is 0 Å². The SMILES string of the molecule is O=C(O)c1cc(-c2ccc(F)c(F)c2)nc2c(F)cc(Cl)cc12. The zero-order chi connectivity index (χ0) is 16.7. The molecular weight excluding hydrogens is 331 g/mol. The van der Waals surface area contributed by atoms with E-state index in [9.17, 15) is 23.1 Å². The van der Waals surface area contributed by atoms with E-state index in [1.807, 2.05) is 0 Å². The number of hydrogen-bond acceptors (Lipinski definition) is 2. The summed E-state index contributed by atoms with van der Waals surface area (Å²) in [5.74, 6) is -4.29. The fraction of sp³-hybridized carbons (Fsp3) is 0. The standard InChI is InChI=1S/C16H7ClF3NO2/c17-8-4-9-10(16(22)23)6-14(21-15(9)13(20)5-8)7-1-2-11(18)12(19)3-7/h1-6H,(H,22,23). The van der Waals surface area contributed by atoms with Crippen molar-refractivity contribution in [2.75, 3.05) is 0 Å². The number of carboxylic acid groups (broad SMARTS) is 1. The molecule has 0 fully saturated rings. The van der Waals surface area contributed by atoms with Crippen LogP contribution in [0.1, 0.15) is 10.4 Å². The number of nitrogens with zero attached hydrogens (tertiary/aromatic N) is 1. The Morgan fingerprint density at radius 2 is 1.74 bits per heavy atom. The van der Waals surface area contributed by atoms with Crippen LogP contribution in [0.2, 0.25) is 5.02 Å². The minimum absolute atomic E-state index is 0.00928. The van der Waals surface area contributed by atoms with E-state index in [4.69, 9.17) is 11.6 Å². The van der Waals surface area contributed by atoms with Gasteiger partial charge in [0, 0.05) is 16.0 Å². The molecule has 0 bridgehead atoms. The number of carbonyl (C=O) groups is 1. The van der Waals surface area contributed by atoms with Gasteiger partial charge in [0.05, 0.1) is 11.3 Å². The number of halogens is 4. The molecule has 0 aliphatic rings. The lowest BCUT2D eigenvalue weighted by atomic mass is 10.0. The highest BCUT2D eigenvalue weighted by molar-refractivity contribution is 6.31. The molecule has 0 spiro atoms. The highest BCUT2D eigenvalue weighted by Gasteiger charge is 2.17. The number of carboxylic acids is 1. The third-order valence-electron chi connectivity index (χ3n) is 3.28. The quantitative estimate of drug-likeness (QED) is 0.739. The number of rotatable bonds is 2. The molecule has 1 aromatic heterocycles.